The quantitative estimate of drug-likeness (QED) is 0.774. The Morgan fingerprint density at radius 1 is 1.43 bits per heavy atom. The van der Waals surface area contributed by atoms with E-state index >= 15 is 0 Å². The van der Waals surface area contributed by atoms with Gasteiger partial charge >= 0.3 is 0 Å². The molecule has 0 atom stereocenters. The summed E-state index contributed by atoms with van der Waals surface area (Å²) in [6, 6.07) is 2.03. The Labute approximate surface area is 91.5 Å². The lowest BCUT2D eigenvalue weighted by Gasteiger charge is -2.01. The zero-order valence-corrected chi connectivity index (χ0v) is 10.1. The maximum atomic E-state index is 5.60. The number of benzene rings is 1. The summed E-state index contributed by atoms with van der Waals surface area (Å²) >= 11 is 3.55. The van der Waals surface area contributed by atoms with Crippen LogP contribution in [0.1, 0.15) is 23.9 Å². The fourth-order valence-corrected chi connectivity index (χ4v) is 1.86. The normalized spacial score (nSPS) is 11.1. The van der Waals surface area contributed by atoms with Crippen LogP contribution in [-0.2, 0) is 6.42 Å². The van der Waals surface area contributed by atoms with Crippen molar-refractivity contribution in [3.8, 4) is 0 Å². The van der Waals surface area contributed by atoms with Crippen LogP contribution in [0.4, 0.5) is 0 Å². The van der Waals surface area contributed by atoms with E-state index in [1.54, 1.807) is 0 Å². The molecule has 0 N–H and O–H groups in total. The van der Waals surface area contributed by atoms with Gasteiger partial charge in [-0.25, -0.2) is 4.98 Å². The lowest BCUT2D eigenvalue weighted by atomic mass is 10.1. The first-order valence-corrected chi connectivity index (χ1v) is 5.48. The molecule has 0 spiro atoms. The lowest BCUT2D eigenvalue weighted by molar-refractivity contribution is 0.538. The third-order valence-electron chi connectivity index (χ3n) is 2.38. The molecule has 0 radical (unpaired) electrons. The molecule has 14 heavy (non-hydrogen) atoms. The van der Waals surface area contributed by atoms with Crippen molar-refractivity contribution in [1.29, 1.82) is 0 Å². The molecule has 0 saturated carbocycles. The summed E-state index contributed by atoms with van der Waals surface area (Å²) in [6.07, 6.45) is 0.838. The second-order valence-electron chi connectivity index (χ2n) is 3.44. The summed E-state index contributed by atoms with van der Waals surface area (Å²) in [5.74, 6) is 0.806. The smallest absolute Gasteiger partial charge is 0.195 e. The Balaban J connectivity index is 2.81. The van der Waals surface area contributed by atoms with E-state index in [4.69, 9.17) is 4.42 Å². The van der Waals surface area contributed by atoms with Crippen LogP contribution in [0.15, 0.2) is 15.0 Å². The monoisotopic (exact) mass is 253 g/mol. The average molecular weight is 254 g/mol. The molecule has 0 saturated heterocycles. The molecule has 0 aliphatic carbocycles. The molecule has 0 unspecified atom stereocenters. The van der Waals surface area contributed by atoms with Gasteiger partial charge in [-0.1, -0.05) is 22.9 Å². The second-order valence-corrected chi connectivity index (χ2v) is 4.23. The number of aryl methyl sites for hydroxylation is 3. The molecular weight excluding hydrogens is 242 g/mol. The standard InChI is InChI=1S/C11H12BrNO/c1-4-9-13-11-7(3)10(12)6(2)5-8(11)14-9/h5H,4H2,1-3H3. The van der Waals surface area contributed by atoms with E-state index in [0.29, 0.717) is 0 Å². The Morgan fingerprint density at radius 3 is 2.79 bits per heavy atom. The molecule has 1 aromatic carbocycles. The van der Waals surface area contributed by atoms with Gasteiger partial charge in [-0.3, -0.25) is 0 Å². The lowest BCUT2D eigenvalue weighted by Crippen LogP contribution is -1.84. The van der Waals surface area contributed by atoms with Gasteiger partial charge in [0.1, 0.15) is 5.52 Å². The van der Waals surface area contributed by atoms with Crippen LogP contribution < -0.4 is 0 Å². The predicted molar refractivity (Wildman–Crippen MR) is 60.6 cm³/mol. The fraction of sp³-hybridized carbons (Fsp3) is 0.364. The van der Waals surface area contributed by atoms with Gasteiger partial charge in [-0.15, -0.1) is 0 Å². The van der Waals surface area contributed by atoms with Crippen LogP contribution in [0.3, 0.4) is 0 Å². The van der Waals surface area contributed by atoms with Crippen molar-refractivity contribution in [3.63, 3.8) is 0 Å². The van der Waals surface area contributed by atoms with E-state index in [1.165, 1.54) is 5.56 Å². The largest absolute Gasteiger partial charge is 0.441 e. The highest BCUT2D eigenvalue weighted by molar-refractivity contribution is 9.10. The maximum Gasteiger partial charge on any atom is 0.195 e. The predicted octanol–water partition coefficient (Wildman–Crippen LogP) is 3.77. The SMILES string of the molecule is CCc1nc2c(C)c(Br)c(C)cc2o1. The van der Waals surface area contributed by atoms with Gasteiger partial charge in [0.25, 0.3) is 0 Å². The summed E-state index contributed by atoms with van der Waals surface area (Å²) < 4.78 is 6.73. The molecule has 3 heteroatoms. The van der Waals surface area contributed by atoms with E-state index in [9.17, 15) is 0 Å². The number of hydrogen-bond donors (Lipinski definition) is 0. The zero-order chi connectivity index (χ0) is 10.3. The van der Waals surface area contributed by atoms with Crippen LogP contribution in [0.5, 0.6) is 0 Å². The molecular formula is C11H12BrNO. The second kappa shape index (κ2) is 3.39. The number of nitrogens with zero attached hydrogens (tertiary/aromatic N) is 1. The number of halogens is 1. The molecule has 2 nitrogen and oxygen atoms in total. The topological polar surface area (TPSA) is 26.0 Å². The summed E-state index contributed by atoms with van der Waals surface area (Å²) in [5.41, 5.74) is 4.21. The highest BCUT2D eigenvalue weighted by atomic mass is 79.9. The van der Waals surface area contributed by atoms with Crippen LogP contribution in [0.25, 0.3) is 11.1 Å². The van der Waals surface area contributed by atoms with Crippen molar-refractivity contribution < 1.29 is 4.42 Å². The third-order valence-corrected chi connectivity index (χ3v) is 3.60. The van der Waals surface area contributed by atoms with Crippen LogP contribution in [0, 0.1) is 13.8 Å². The van der Waals surface area contributed by atoms with Crippen molar-refractivity contribution in [1.82, 2.24) is 4.98 Å². The summed E-state index contributed by atoms with van der Waals surface area (Å²) in [5, 5.41) is 0. The van der Waals surface area contributed by atoms with Gasteiger partial charge < -0.3 is 4.42 Å². The molecule has 1 heterocycles. The highest BCUT2D eigenvalue weighted by Gasteiger charge is 2.11. The van der Waals surface area contributed by atoms with Gasteiger partial charge in [-0.05, 0) is 31.0 Å². The molecule has 1 aromatic heterocycles. The number of oxazole rings is 1. The third kappa shape index (κ3) is 1.36. The number of rotatable bonds is 1. The van der Waals surface area contributed by atoms with Gasteiger partial charge in [0, 0.05) is 10.9 Å². The first-order valence-electron chi connectivity index (χ1n) is 4.68. The Morgan fingerprint density at radius 2 is 2.14 bits per heavy atom. The Kier molecular flexibility index (Phi) is 2.35. The van der Waals surface area contributed by atoms with Crippen LogP contribution in [-0.4, -0.2) is 4.98 Å². The van der Waals surface area contributed by atoms with Gasteiger partial charge in [-0.2, -0.15) is 0 Å². The summed E-state index contributed by atoms with van der Waals surface area (Å²) in [4.78, 5) is 4.44. The molecule has 2 rings (SSSR count). The molecule has 0 bridgehead atoms. The van der Waals surface area contributed by atoms with Crippen molar-refractivity contribution in [2.24, 2.45) is 0 Å². The maximum absolute atomic E-state index is 5.60. The molecule has 0 aliphatic rings. The minimum Gasteiger partial charge on any atom is -0.441 e. The fourth-order valence-electron chi connectivity index (χ4n) is 1.56. The summed E-state index contributed by atoms with van der Waals surface area (Å²) in [7, 11) is 0. The minimum absolute atomic E-state index is 0.806. The van der Waals surface area contributed by atoms with E-state index in [1.807, 2.05) is 13.0 Å². The van der Waals surface area contributed by atoms with Gasteiger partial charge in [0.15, 0.2) is 11.5 Å². The number of aromatic nitrogens is 1. The molecule has 0 aliphatic heterocycles. The van der Waals surface area contributed by atoms with Crippen molar-refractivity contribution in [2.45, 2.75) is 27.2 Å². The molecule has 74 valence electrons. The van der Waals surface area contributed by atoms with Crippen LogP contribution in [0.2, 0.25) is 0 Å². The van der Waals surface area contributed by atoms with Gasteiger partial charge in [0.2, 0.25) is 0 Å². The van der Waals surface area contributed by atoms with E-state index in [0.717, 1.165) is 33.4 Å². The van der Waals surface area contributed by atoms with E-state index in [2.05, 4.69) is 34.8 Å². The van der Waals surface area contributed by atoms with Crippen molar-refractivity contribution in [2.75, 3.05) is 0 Å². The van der Waals surface area contributed by atoms with Crippen molar-refractivity contribution >= 4 is 27.0 Å². The van der Waals surface area contributed by atoms with Crippen molar-refractivity contribution in [3.05, 3.63) is 27.6 Å². The minimum atomic E-state index is 0.806. The number of fused-ring (bicyclic) bond motifs is 1. The first-order chi connectivity index (χ1) is 6.63. The average Bonchev–Trinajstić information content (AvgIpc) is 2.57. The summed E-state index contributed by atoms with van der Waals surface area (Å²) in [6.45, 7) is 6.16. The van der Waals surface area contributed by atoms with E-state index < -0.39 is 0 Å². The van der Waals surface area contributed by atoms with Gasteiger partial charge in [0.05, 0.1) is 0 Å². The zero-order valence-electron chi connectivity index (χ0n) is 8.52. The molecule has 0 amide bonds. The highest BCUT2D eigenvalue weighted by Crippen LogP contribution is 2.29. The first kappa shape index (κ1) is 9.71. The van der Waals surface area contributed by atoms with E-state index in [-0.39, 0.29) is 0 Å². The number of hydrogen-bond acceptors (Lipinski definition) is 2. The Hall–Kier alpha value is -0.830. The Bertz CT molecular complexity index is 487. The van der Waals surface area contributed by atoms with Crippen LogP contribution >= 0.6 is 15.9 Å². The molecule has 0 fully saturated rings. The molecule has 2 aromatic rings.